The molecule has 0 radical (unpaired) electrons. The quantitative estimate of drug-likeness (QED) is 0.800. The molecule has 1 aromatic rings. The fraction of sp³-hybridized carbons (Fsp3) is 0.417. The molecular formula is C12H16ClNO3S. The van der Waals surface area contributed by atoms with Gasteiger partial charge in [-0.25, -0.2) is 8.42 Å². The molecule has 1 amide bonds. The number of rotatable bonds is 4. The van der Waals surface area contributed by atoms with Crippen molar-refractivity contribution in [2.45, 2.75) is 31.7 Å². The van der Waals surface area contributed by atoms with Crippen LogP contribution >= 0.6 is 10.7 Å². The molecule has 0 aromatic heterocycles. The van der Waals surface area contributed by atoms with Crippen LogP contribution in [0.15, 0.2) is 29.2 Å². The first-order chi connectivity index (χ1) is 8.27. The van der Waals surface area contributed by atoms with Gasteiger partial charge in [0.1, 0.15) is 0 Å². The summed E-state index contributed by atoms with van der Waals surface area (Å²) in [6.45, 7) is 6.25. The Morgan fingerprint density at radius 1 is 1.39 bits per heavy atom. The Kier molecular flexibility index (Phi) is 4.76. The van der Waals surface area contributed by atoms with Crippen molar-refractivity contribution in [1.29, 1.82) is 0 Å². The zero-order valence-electron chi connectivity index (χ0n) is 10.6. The molecule has 0 fully saturated rings. The summed E-state index contributed by atoms with van der Waals surface area (Å²) in [6.07, 6.45) is 0. The normalized spacial score (nSPS) is 11.6. The predicted octanol–water partition coefficient (Wildman–Crippen LogP) is 2.48. The van der Waals surface area contributed by atoms with Gasteiger partial charge in [-0.15, -0.1) is 0 Å². The lowest BCUT2D eigenvalue weighted by molar-refractivity contribution is 0.0716. The maximum atomic E-state index is 12.2. The minimum atomic E-state index is -3.81. The van der Waals surface area contributed by atoms with Gasteiger partial charge in [0, 0.05) is 28.8 Å². The van der Waals surface area contributed by atoms with Gasteiger partial charge in [0.2, 0.25) is 0 Å². The molecule has 0 saturated carbocycles. The van der Waals surface area contributed by atoms with Crippen molar-refractivity contribution in [2.24, 2.45) is 0 Å². The van der Waals surface area contributed by atoms with Crippen LogP contribution in [0.5, 0.6) is 0 Å². The van der Waals surface area contributed by atoms with E-state index < -0.39 is 9.05 Å². The van der Waals surface area contributed by atoms with Crippen LogP contribution in [0, 0.1) is 0 Å². The van der Waals surface area contributed by atoms with E-state index in [0.717, 1.165) is 0 Å². The zero-order chi connectivity index (χ0) is 13.9. The lowest BCUT2D eigenvalue weighted by Crippen LogP contribution is -2.36. The standard InChI is InChI=1S/C12H16ClNO3S/c1-4-14(9(2)3)12(15)10-6-5-7-11(8-10)18(13,16)17/h5-9H,4H2,1-3H3. The summed E-state index contributed by atoms with van der Waals surface area (Å²) in [5.41, 5.74) is 0.326. The fourth-order valence-electron chi connectivity index (χ4n) is 1.69. The topological polar surface area (TPSA) is 54.5 Å². The highest BCUT2D eigenvalue weighted by atomic mass is 35.7. The number of benzene rings is 1. The van der Waals surface area contributed by atoms with Gasteiger partial charge in [-0.2, -0.15) is 0 Å². The molecule has 0 aliphatic carbocycles. The molecule has 18 heavy (non-hydrogen) atoms. The Bertz CT molecular complexity index is 540. The summed E-state index contributed by atoms with van der Waals surface area (Å²) in [5, 5.41) is 0. The van der Waals surface area contributed by atoms with E-state index in [9.17, 15) is 13.2 Å². The van der Waals surface area contributed by atoms with Gasteiger partial charge in [0.25, 0.3) is 15.0 Å². The Labute approximate surface area is 112 Å². The van der Waals surface area contributed by atoms with Crippen LogP contribution in [0.3, 0.4) is 0 Å². The van der Waals surface area contributed by atoms with Crippen LogP contribution in [-0.4, -0.2) is 31.8 Å². The Hall–Kier alpha value is -1.07. The maximum absolute atomic E-state index is 12.2. The van der Waals surface area contributed by atoms with Gasteiger partial charge in [-0.1, -0.05) is 6.07 Å². The van der Waals surface area contributed by atoms with Crippen molar-refractivity contribution >= 4 is 25.6 Å². The first-order valence-corrected chi connectivity index (χ1v) is 7.94. The zero-order valence-corrected chi connectivity index (χ0v) is 12.1. The van der Waals surface area contributed by atoms with E-state index >= 15 is 0 Å². The SMILES string of the molecule is CCN(C(=O)c1cccc(S(=O)(=O)Cl)c1)C(C)C. The van der Waals surface area contributed by atoms with E-state index in [4.69, 9.17) is 10.7 Å². The minimum absolute atomic E-state index is 0.0544. The summed E-state index contributed by atoms with van der Waals surface area (Å²) in [7, 11) is 1.45. The van der Waals surface area contributed by atoms with E-state index in [2.05, 4.69) is 0 Å². The second-order valence-corrected chi connectivity index (χ2v) is 6.72. The van der Waals surface area contributed by atoms with Gasteiger partial charge >= 0.3 is 0 Å². The lowest BCUT2D eigenvalue weighted by Gasteiger charge is -2.25. The molecule has 100 valence electrons. The smallest absolute Gasteiger partial charge is 0.261 e. The van der Waals surface area contributed by atoms with Crippen LogP contribution < -0.4 is 0 Å². The first kappa shape index (κ1) is 15.0. The van der Waals surface area contributed by atoms with Gasteiger partial charge in [-0.3, -0.25) is 4.79 Å². The van der Waals surface area contributed by atoms with Gasteiger partial charge in [-0.05, 0) is 39.0 Å². The molecule has 0 aliphatic heterocycles. The molecule has 0 spiro atoms. The molecule has 0 heterocycles. The number of carbonyl (C=O) groups is 1. The average Bonchev–Trinajstić information content (AvgIpc) is 2.28. The molecule has 1 aromatic carbocycles. The molecule has 0 aliphatic rings. The summed E-state index contributed by atoms with van der Waals surface area (Å²) >= 11 is 0. The van der Waals surface area contributed by atoms with E-state index in [1.54, 1.807) is 11.0 Å². The maximum Gasteiger partial charge on any atom is 0.261 e. The summed E-state index contributed by atoms with van der Waals surface area (Å²) in [6, 6.07) is 5.81. The third-order valence-electron chi connectivity index (χ3n) is 2.59. The van der Waals surface area contributed by atoms with Crippen LogP contribution in [0.2, 0.25) is 0 Å². The molecule has 4 nitrogen and oxygen atoms in total. The lowest BCUT2D eigenvalue weighted by atomic mass is 10.1. The molecule has 0 unspecified atom stereocenters. The van der Waals surface area contributed by atoms with Crippen molar-refractivity contribution in [3.05, 3.63) is 29.8 Å². The van der Waals surface area contributed by atoms with Gasteiger partial charge in [0.05, 0.1) is 4.90 Å². The van der Waals surface area contributed by atoms with Crippen LogP contribution in [0.1, 0.15) is 31.1 Å². The van der Waals surface area contributed by atoms with E-state index in [0.29, 0.717) is 12.1 Å². The largest absolute Gasteiger partial charge is 0.337 e. The number of carbonyl (C=O) groups excluding carboxylic acids is 1. The highest BCUT2D eigenvalue weighted by molar-refractivity contribution is 8.13. The van der Waals surface area contributed by atoms with Crippen molar-refractivity contribution in [3.8, 4) is 0 Å². The van der Waals surface area contributed by atoms with Gasteiger partial charge in [0.15, 0.2) is 0 Å². The first-order valence-electron chi connectivity index (χ1n) is 5.63. The number of hydrogen-bond donors (Lipinski definition) is 0. The summed E-state index contributed by atoms with van der Waals surface area (Å²) < 4.78 is 22.4. The van der Waals surface area contributed by atoms with Crippen LogP contribution in [-0.2, 0) is 9.05 Å². The second kappa shape index (κ2) is 5.71. The Morgan fingerprint density at radius 2 is 2.00 bits per heavy atom. The third-order valence-corrected chi connectivity index (χ3v) is 3.94. The van der Waals surface area contributed by atoms with Gasteiger partial charge < -0.3 is 4.90 Å². The van der Waals surface area contributed by atoms with Crippen molar-refractivity contribution in [3.63, 3.8) is 0 Å². The molecule has 0 atom stereocenters. The minimum Gasteiger partial charge on any atom is -0.337 e. The highest BCUT2D eigenvalue weighted by Gasteiger charge is 2.19. The van der Waals surface area contributed by atoms with E-state index in [1.165, 1.54) is 18.2 Å². The third kappa shape index (κ3) is 3.46. The second-order valence-electron chi connectivity index (χ2n) is 4.15. The molecule has 0 saturated heterocycles. The monoisotopic (exact) mass is 289 g/mol. The number of hydrogen-bond acceptors (Lipinski definition) is 3. The highest BCUT2D eigenvalue weighted by Crippen LogP contribution is 2.17. The number of halogens is 1. The van der Waals surface area contributed by atoms with Crippen LogP contribution in [0.25, 0.3) is 0 Å². The van der Waals surface area contributed by atoms with Crippen molar-refractivity contribution in [2.75, 3.05) is 6.54 Å². The van der Waals surface area contributed by atoms with E-state index in [1.807, 2.05) is 20.8 Å². The average molecular weight is 290 g/mol. The Balaban J connectivity index is 3.15. The predicted molar refractivity (Wildman–Crippen MR) is 71.3 cm³/mol. The van der Waals surface area contributed by atoms with Crippen molar-refractivity contribution in [1.82, 2.24) is 4.90 Å². The summed E-state index contributed by atoms with van der Waals surface area (Å²) in [4.78, 5) is 13.8. The number of amides is 1. The van der Waals surface area contributed by atoms with Crippen molar-refractivity contribution < 1.29 is 13.2 Å². The molecular weight excluding hydrogens is 274 g/mol. The molecule has 0 N–H and O–H groups in total. The fourth-order valence-corrected chi connectivity index (χ4v) is 2.49. The summed E-state index contributed by atoms with van der Waals surface area (Å²) in [5.74, 6) is -0.199. The Morgan fingerprint density at radius 3 is 2.44 bits per heavy atom. The van der Waals surface area contributed by atoms with E-state index in [-0.39, 0.29) is 16.8 Å². The molecule has 6 heteroatoms. The number of nitrogens with zero attached hydrogens (tertiary/aromatic N) is 1. The van der Waals surface area contributed by atoms with Crippen LogP contribution in [0.4, 0.5) is 0 Å². The molecule has 0 bridgehead atoms. The molecule has 1 rings (SSSR count).